The van der Waals surface area contributed by atoms with Crippen molar-refractivity contribution in [2.45, 2.75) is 25.8 Å². The quantitative estimate of drug-likeness (QED) is 0.829. The van der Waals surface area contributed by atoms with Crippen LogP contribution in [0.4, 0.5) is 0 Å². The molecular weight excluding hydrogens is 240 g/mol. The number of amides is 1. The minimum absolute atomic E-state index is 0.0387. The van der Waals surface area contributed by atoms with E-state index in [4.69, 9.17) is 4.52 Å². The highest BCUT2D eigenvalue weighted by Gasteiger charge is 2.31. The van der Waals surface area contributed by atoms with Gasteiger partial charge in [-0.25, -0.2) is 0 Å². The van der Waals surface area contributed by atoms with Gasteiger partial charge in [-0.05, 0) is 25.3 Å². The Balaban J connectivity index is 1.86. The molecule has 0 spiro atoms. The highest BCUT2D eigenvalue weighted by molar-refractivity contribution is 5.92. The second-order valence-corrected chi connectivity index (χ2v) is 4.89. The molecule has 3 rings (SSSR count). The van der Waals surface area contributed by atoms with Gasteiger partial charge in [0, 0.05) is 12.6 Å². The normalized spacial score (nSPS) is 18.8. The molecule has 0 aliphatic carbocycles. The van der Waals surface area contributed by atoms with Crippen LogP contribution in [-0.4, -0.2) is 22.5 Å². The van der Waals surface area contributed by atoms with Crippen LogP contribution in [-0.2, 0) is 0 Å². The standard InChI is InChI=1S/C15H16N2O2/c1-11-10-13(16-19-11)15(18)17-9-5-8-14(17)12-6-3-2-4-7-12/h2-4,6-7,10,14H,5,8-9H2,1H3. The lowest BCUT2D eigenvalue weighted by Crippen LogP contribution is -2.30. The van der Waals surface area contributed by atoms with E-state index in [0.717, 1.165) is 19.4 Å². The summed E-state index contributed by atoms with van der Waals surface area (Å²) in [5.74, 6) is 0.627. The molecule has 1 aromatic carbocycles. The van der Waals surface area contributed by atoms with Crippen molar-refractivity contribution < 1.29 is 9.32 Å². The molecule has 4 heteroatoms. The lowest BCUT2D eigenvalue weighted by molar-refractivity contribution is 0.0725. The number of benzene rings is 1. The van der Waals surface area contributed by atoms with Crippen LogP contribution in [0.1, 0.15) is 40.7 Å². The number of hydrogen-bond acceptors (Lipinski definition) is 3. The zero-order chi connectivity index (χ0) is 13.2. The van der Waals surface area contributed by atoms with Gasteiger partial charge in [-0.15, -0.1) is 0 Å². The van der Waals surface area contributed by atoms with Crippen molar-refractivity contribution in [2.75, 3.05) is 6.54 Å². The summed E-state index contributed by atoms with van der Waals surface area (Å²) in [5, 5.41) is 3.82. The second kappa shape index (κ2) is 4.88. The van der Waals surface area contributed by atoms with Crippen LogP contribution < -0.4 is 0 Å². The van der Waals surface area contributed by atoms with Crippen molar-refractivity contribution >= 4 is 5.91 Å². The lowest BCUT2D eigenvalue weighted by atomic mass is 10.0. The molecular formula is C15H16N2O2. The monoisotopic (exact) mass is 256 g/mol. The van der Waals surface area contributed by atoms with Crippen LogP contribution in [0.15, 0.2) is 40.9 Å². The second-order valence-electron chi connectivity index (χ2n) is 4.89. The average molecular weight is 256 g/mol. The molecule has 1 aliphatic heterocycles. The Kier molecular flexibility index (Phi) is 3.07. The Morgan fingerprint density at radius 3 is 2.84 bits per heavy atom. The van der Waals surface area contributed by atoms with Gasteiger partial charge in [0.05, 0.1) is 6.04 Å². The molecule has 98 valence electrons. The van der Waals surface area contributed by atoms with E-state index in [1.807, 2.05) is 23.1 Å². The van der Waals surface area contributed by atoms with Gasteiger partial charge in [0.1, 0.15) is 5.76 Å². The number of nitrogens with zero attached hydrogens (tertiary/aromatic N) is 2. The predicted molar refractivity (Wildman–Crippen MR) is 70.7 cm³/mol. The van der Waals surface area contributed by atoms with E-state index < -0.39 is 0 Å². The Morgan fingerprint density at radius 1 is 1.37 bits per heavy atom. The largest absolute Gasteiger partial charge is 0.361 e. The summed E-state index contributed by atoms with van der Waals surface area (Å²) in [5.41, 5.74) is 1.59. The molecule has 0 bridgehead atoms. The summed E-state index contributed by atoms with van der Waals surface area (Å²) in [7, 11) is 0. The summed E-state index contributed by atoms with van der Waals surface area (Å²) in [4.78, 5) is 14.3. The van der Waals surface area contributed by atoms with Crippen molar-refractivity contribution in [3.05, 3.63) is 53.4 Å². The molecule has 4 nitrogen and oxygen atoms in total. The van der Waals surface area contributed by atoms with E-state index in [1.54, 1.807) is 13.0 Å². The van der Waals surface area contributed by atoms with E-state index in [0.29, 0.717) is 11.5 Å². The van der Waals surface area contributed by atoms with E-state index in [-0.39, 0.29) is 11.9 Å². The van der Waals surface area contributed by atoms with E-state index in [2.05, 4.69) is 17.3 Å². The van der Waals surface area contributed by atoms with Crippen molar-refractivity contribution in [1.29, 1.82) is 0 Å². The topological polar surface area (TPSA) is 46.3 Å². The summed E-state index contributed by atoms with van der Waals surface area (Å²) < 4.78 is 4.99. The maximum Gasteiger partial charge on any atom is 0.276 e. The van der Waals surface area contributed by atoms with Gasteiger partial charge in [0.15, 0.2) is 5.69 Å². The summed E-state index contributed by atoms with van der Waals surface area (Å²) in [6, 6.07) is 12.0. The first-order valence-electron chi connectivity index (χ1n) is 6.55. The van der Waals surface area contributed by atoms with Crippen LogP contribution >= 0.6 is 0 Å². The van der Waals surface area contributed by atoms with Crippen molar-refractivity contribution in [3.63, 3.8) is 0 Å². The van der Waals surface area contributed by atoms with E-state index in [1.165, 1.54) is 5.56 Å². The van der Waals surface area contributed by atoms with Crippen molar-refractivity contribution in [2.24, 2.45) is 0 Å². The van der Waals surface area contributed by atoms with Crippen LogP contribution in [0.2, 0.25) is 0 Å². The van der Waals surface area contributed by atoms with Gasteiger partial charge < -0.3 is 9.42 Å². The Morgan fingerprint density at radius 2 is 2.16 bits per heavy atom. The Bertz CT molecular complexity index is 577. The van der Waals surface area contributed by atoms with Crippen LogP contribution in [0.3, 0.4) is 0 Å². The minimum atomic E-state index is -0.0387. The number of likely N-dealkylation sites (tertiary alicyclic amines) is 1. The Hall–Kier alpha value is -2.10. The van der Waals surface area contributed by atoms with Gasteiger partial charge in [-0.3, -0.25) is 4.79 Å². The number of carbonyl (C=O) groups excluding carboxylic acids is 1. The smallest absolute Gasteiger partial charge is 0.276 e. The molecule has 1 atom stereocenters. The molecule has 1 aromatic heterocycles. The first-order valence-corrected chi connectivity index (χ1v) is 6.55. The number of carbonyl (C=O) groups is 1. The summed E-state index contributed by atoms with van der Waals surface area (Å²) in [6.07, 6.45) is 2.04. The van der Waals surface area contributed by atoms with Gasteiger partial charge in [-0.1, -0.05) is 35.5 Å². The zero-order valence-electron chi connectivity index (χ0n) is 10.9. The average Bonchev–Trinajstić information content (AvgIpc) is 3.07. The molecule has 0 saturated carbocycles. The fourth-order valence-electron chi connectivity index (χ4n) is 2.65. The van der Waals surface area contributed by atoms with Gasteiger partial charge in [0.25, 0.3) is 5.91 Å². The molecule has 19 heavy (non-hydrogen) atoms. The van der Waals surface area contributed by atoms with Crippen LogP contribution in [0, 0.1) is 6.92 Å². The number of aromatic nitrogens is 1. The molecule has 1 unspecified atom stereocenters. The van der Waals surface area contributed by atoms with Gasteiger partial charge >= 0.3 is 0 Å². The molecule has 1 amide bonds. The fraction of sp³-hybridized carbons (Fsp3) is 0.333. The van der Waals surface area contributed by atoms with Gasteiger partial charge in [-0.2, -0.15) is 0 Å². The molecule has 2 aromatic rings. The fourth-order valence-corrected chi connectivity index (χ4v) is 2.65. The molecule has 0 radical (unpaired) electrons. The highest BCUT2D eigenvalue weighted by atomic mass is 16.5. The molecule has 1 fully saturated rings. The number of aryl methyl sites for hydroxylation is 1. The number of rotatable bonds is 2. The minimum Gasteiger partial charge on any atom is -0.361 e. The zero-order valence-corrected chi connectivity index (χ0v) is 10.9. The highest BCUT2D eigenvalue weighted by Crippen LogP contribution is 2.32. The lowest BCUT2D eigenvalue weighted by Gasteiger charge is -2.24. The third-order valence-electron chi connectivity index (χ3n) is 3.55. The summed E-state index contributed by atoms with van der Waals surface area (Å²) in [6.45, 7) is 2.58. The first-order chi connectivity index (χ1) is 9.25. The molecule has 1 saturated heterocycles. The van der Waals surface area contributed by atoms with Crippen molar-refractivity contribution in [1.82, 2.24) is 10.1 Å². The maximum atomic E-state index is 12.4. The third-order valence-corrected chi connectivity index (χ3v) is 3.55. The van der Waals surface area contributed by atoms with Crippen molar-refractivity contribution in [3.8, 4) is 0 Å². The summed E-state index contributed by atoms with van der Waals surface area (Å²) >= 11 is 0. The van der Waals surface area contributed by atoms with E-state index >= 15 is 0 Å². The van der Waals surface area contributed by atoms with Crippen LogP contribution in [0.25, 0.3) is 0 Å². The SMILES string of the molecule is Cc1cc(C(=O)N2CCCC2c2ccccc2)no1. The first kappa shape index (κ1) is 12.0. The third kappa shape index (κ3) is 2.26. The Labute approximate surface area is 112 Å². The molecule has 0 N–H and O–H groups in total. The predicted octanol–water partition coefficient (Wildman–Crippen LogP) is 2.96. The van der Waals surface area contributed by atoms with E-state index in [9.17, 15) is 4.79 Å². The van der Waals surface area contributed by atoms with Crippen LogP contribution in [0.5, 0.6) is 0 Å². The molecule has 1 aliphatic rings. The molecule has 2 heterocycles. The maximum absolute atomic E-state index is 12.4. The van der Waals surface area contributed by atoms with Gasteiger partial charge in [0.2, 0.25) is 0 Å². The number of hydrogen-bond donors (Lipinski definition) is 0.